The summed E-state index contributed by atoms with van der Waals surface area (Å²) in [5, 5.41) is 1.04. The van der Waals surface area contributed by atoms with Gasteiger partial charge in [0.05, 0.1) is 5.52 Å². The highest BCUT2D eigenvalue weighted by Crippen LogP contribution is 2.23. The molecule has 0 amide bonds. The molecule has 6 heteroatoms. The van der Waals surface area contributed by atoms with Gasteiger partial charge in [-0.1, -0.05) is 18.6 Å². The van der Waals surface area contributed by atoms with Crippen LogP contribution in [0.4, 0.5) is 4.79 Å². The van der Waals surface area contributed by atoms with E-state index in [2.05, 4.69) is 11.0 Å². The molecule has 0 saturated carbocycles. The molecule has 6 nitrogen and oxygen atoms in total. The van der Waals surface area contributed by atoms with E-state index < -0.39 is 12.1 Å². The van der Waals surface area contributed by atoms with Gasteiger partial charge in [-0.2, -0.15) is 0 Å². The minimum absolute atomic E-state index is 0.248. The maximum atomic E-state index is 12.3. The average molecular weight is 332 g/mol. The molecule has 0 aliphatic rings. The summed E-state index contributed by atoms with van der Waals surface area (Å²) in [6.45, 7) is 4.22. The number of benzene rings is 1. The number of aryl methyl sites for hydroxylation is 1. The van der Waals surface area contributed by atoms with Gasteiger partial charge in [0.25, 0.3) is 0 Å². The van der Waals surface area contributed by atoms with E-state index in [0.29, 0.717) is 0 Å². The number of nitrogens with zero attached hydrogens (tertiary/aromatic N) is 2. The van der Waals surface area contributed by atoms with Gasteiger partial charge in [-0.3, -0.25) is 9.36 Å². The average Bonchev–Trinajstić information content (AvgIpc) is 2.90. The number of likely N-dealkylation sites (N-methyl/N-ethyl adjacent to an activating group) is 1. The van der Waals surface area contributed by atoms with Crippen LogP contribution in [-0.4, -0.2) is 49.0 Å². The highest BCUT2D eigenvalue weighted by molar-refractivity contribution is 5.92. The molecule has 1 heterocycles. The Morgan fingerprint density at radius 3 is 2.62 bits per heavy atom. The SMILES string of the molecule is CCC(=O)OCOC(=O)n1cc(CCN(C)C)c2cc(C)ccc21. The first-order chi connectivity index (χ1) is 11.4. The zero-order valence-corrected chi connectivity index (χ0v) is 14.7. The van der Waals surface area contributed by atoms with Crippen molar-refractivity contribution in [2.75, 3.05) is 27.4 Å². The number of carbonyl (C=O) groups excluding carboxylic acids is 2. The topological polar surface area (TPSA) is 60.8 Å². The van der Waals surface area contributed by atoms with Crippen LogP contribution in [0.5, 0.6) is 0 Å². The largest absolute Gasteiger partial charge is 0.428 e. The molecule has 0 saturated heterocycles. The fraction of sp³-hybridized carbons (Fsp3) is 0.444. The van der Waals surface area contributed by atoms with E-state index >= 15 is 0 Å². The second-order valence-corrected chi connectivity index (χ2v) is 6.00. The summed E-state index contributed by atoms with van der Waals surface area (Å²) in [6.07, 6.45) is 2.33. The minimum Gasteiger partial charge on any atom is -0.428 e. The Morgan fingerprint density at radius 2 is 1.96 bits per heavy atom. The number of rotatable bonds is 6. The molecular weight excluding hydrogens is 308 g/mol. The molecule has 1 aromatic carbocycles. The molecule has 24 heavy (non-hydrogen) atoms. The maximum Gasteiger partial charge on any atom is 0.421 e. The molecular formula is C18H24N2O4. The van der Waals surface area contributed by atoms with E-state index in [1.165, 1.54) is 4.57 Å². The van der Waals surface area contributed by atoms with Crippen molar-refractivity contribution in [3.8, 4) is 0 Å². The van der Waals surface area contributed by atoms with Gasteiger partial charge in [-0.05, 0) is 45.1 Å². The van der Waals surface area contributed by atoms with E-state index in [0.717, 1.165) is 35.0 Å². The van der Waals surface area contributed by atoms with Crippen LogP contribution in [0, 0.1) is 6.92 Å². The molecule has 0 fully saturated rings. The van der Waals surface area contributed by atoms with Crippen molar-refractivity contribution in [3.63, 3.8) is 0 Å². The zero-order valence-electron chi connectivity index (χ0n) is 14.7. The molecule has 0 N–H and O–H groups in total. The van der Waals surface area contributed by atoms with Crippen LogP contribution in [-0.2, 0) is 20.7 Å². The second-order valence-electron chi connectivity index (χ2n) is 6.00. The fourth-order valence-electron chi connectivity index (χ4n) is 2.42. The lowest BCUT2D eigenvalue weighted by Crippen LogP contribution is -2.17. The lowest BCUT2D eigenvalue weighted by atomic mass is 10.1. The molecule has 0 unspecified atom stereocenters. The Labute approximate surface area is 141 Å². The van der Waals surface area contributed by atoms with Crippen LogP contribution in [0.2, 0.25) is 0 Å². The van der Waals surface area contributed by atoms with Crippen LogP contribution in [0.3, 0.4) is 0 Å². The second kappa shape index (κ2) is 7.97. The Morgan fingerprint density at radius 1 is 1.21 bits per heavy atom. The van der Waals surface area contributed by atoms with E-state index in [1.807, 2.05) is 33.2 Å². The van der Waals surface area contributed by atoms with Gasteiger partial charge in [0.15, 0.2) is 0 Å². The van der Waals surface area contributed by atoms with Gasteiger partial charge in [0.1, 0.15) is 0 Å². The highest BCUT2D eigenvalue weighted by Gasteiger charge is 2.15. The van der Waals surface area contributed by atoms with Crippen LogP contribution in [0.1, 0.15) is 24.5 Å². The first-order valence-corrected chi connectivity index (χ1v) is 8.00. The number of esters is 1. The van der Waals surface area contributed by atoms with Gasteiger partial charge in [-0.25, -0.2) is 4.79 Å². The summed E-state index contributed by atoms with van der Waals surface area (Å²) in [6, 6.07) is 5.93. The molecule has 2 rings (SSSR count). The quantitative estimate of drug-likeness (QED) is 0.601. The third-order valence-corrected chi connectivity index (χ3v) is 3.76. The zero-order chi connectivity index (χ0) is 17.7. The smallest absolute Gasteiger partial charge is 0.421 e. The minimum atomic E-state index is -0.552. The molecule has 0 spiro atoms. The van der Waals surface area contributed by atoms with Crippen LogP contribution >= 0.6 is 0 Å². The summed E-state index contributed by atoms with van der Waals surface area (Å²) in [5.41, 5.74) is 3.02. The molecule has 130 valence electrons. The number of ether oxygens (including phenoxy) is 2. The predicted octanol–water partition coefficient (Wildman–Crippen LogP) is 2.95. The van der Waals surface area contributed by atoms with Crippen molar-refractivity contribution < 1.29 is 19.1 Å². The molecule has 1 aromatic heterocycles. The molecule has 0 bridgehead atoms. The monoisotopic (exact) mass is 332 g/mol. The Bertz CT molecular complexity index is 734. The van der Waals surface area contributed by atoms with Crippen molar-refractivity contribution in [2.24, 2.45) is 0 Å². The van der Waals surface area contributed by atoms with Crippen molar-refractivity contribution in [3.05, 3.63) is 35.5 Å². The molecule has 0 atom stereocenters. The highest BCUT2D eigenvalue weighted by atomic mass is 16.7. The van der Waals surface area contributed by atoms with Crippen molar-refractivity contribution in [2.45, 2.75) is 26.7 Å². The standard InChI is InChI=1S/C18H24N2O4/c1-5-17(21)23-12-24-18(22)20-11-14(8-9-19(3)4)15-10-13(2)6-7-16(15)20/h6-7,10-11H,5,8-9,12H2,1-4H3. The summed E-state index contributed by atoms with van der Waals surface area (Å²) in [4.78, 5) is 25.5. The van der Waals surface area contributed by atoms with Crippen molar-refractivity contribution in [1.82, 2.24) is 9.47 Å². The maximum absolute atomic E-state index is 12.3. The normalized spacial score (nSPS) is 11.0. The number of fused-ring (bicyclic) bond motifs is 1. The molecule has 0 aliphatic carbocycles. The van der Waals surface area contributed by atoms with E-state index in [9.17, 15) is 9.59 Å². The number of hydrogen-bond acceptors (Lipinski definition) is 5. The summed E-state index contributed by atoms with van der Waals surface area (Å²) in [7, 11) is 4.03. The van der Waals surface area contributed by atoms with Gasteiger partial charge in [0.2, 0.25) is 6.79 Å². The summed E-state index contributed by atoms with van der Waals surface area (Å²) in [5.74, 6) is -0.400. The van der Waals surface area contributed by atoms with Gasteiger partial charge >= 0.3 is 12.1 Å². The Kier molecular flexibility index (Phi) is 5.98. The van der Waals surface area contributed by atoms with Gasteiger partial charge in [-0.15, -0.1) is 0 Å². The lowest BCUT2D eigenvalue weighted by molar-refractivity contribution is -0.151. The Balaban J connectivity index is 2.22. The van der Waals surface area contributed by atoms with Gasteiger partial charge in [0, 0.05) is 24.5 Å². The predicted molar refractivity (Wildman–Crippen MR) is 92.1 cm³/mol. The fourth-order valence-corrected chi connectivity index (χ4v) is 2.42. The van der Waals surface area contributed by atoms with E-state index in [4.69, 9.17) is 9.47 Å². The summed E-state index contributed by atoms with van der Waals surface area (Å²) >= 11 is 0. The van der Waals surface area contributed by atoms with Crippen LogP contribution < -0.4 is 0 Å². The number of aromatic nitrogens is 1. The van der Waals surface area contributed by atoms with Crippen LogP contribution in [0.25, 0.3) is 10.9 Å². The third-order valence-electron chi connectivity index (χ3n) is 3.76. The Hall–Kier alpha value is -2.34. The van der Waals surface area contributed by atoms with E-state index in [-0.39, 0.29) is 13.2 Å². The molecule has 2 aromatic rings. The summed E-state index contributed by atoms with van der Waals surface area (Å²) < 4.78 is 11.3. The lowest BCUT2D eigenvalue weighted by Gasteiger charge is -2.08. The van der Waals surface area contributed by atoms with E-state index in [1.54, 1.807) is 13.1 Å². The first-order valence-electron chi connectivity index (χ1n) is 8.00. The number of carbonyl (C=O) groups is 2. The first kappa shape index (κ1) is 18.0. The molecule has 0 aliphatic heterocycles. The third kappa shape index (κ3) is 4.35. The van der Waals surface area contributed by atoms with Crippen LogP contribution in [0.15, 0.2) is 24.4 Å². The van der Waals surface area contributed by atoms with Crippen molar-refractivity contribution in [1.29, 1.82) is 0 Å². The molecule has 0 radical (unpaired) electrons. The van der Waals surface area contributed by atoms with Crippen molar-refractivity contribution >= 4 is 23.0 Å². The number of hydrogen-bond donors (Lipinski definition) is 0. The van der Waals surface area contributed by atoms with Gasteiger partial charge < -0.3 is 14.4 Å².